The SMILES string of the molecule is Cc1cc(NS(=O)(=O)c2ccc(N3C(=O)CSC3c3ccc(Cl)cc3)cc2)no1. The molecule has 1 aliphatic rings. The van der Waals surface area contributed by atoms with Gasteiger partial charge in [-0.3, -0.25) is 14.4 Å². The lowest BCUT2D eigenvalue weighted by Gasteiger charge is -2.24. The Hall–Kier alpha value is -2.49. The van der Waals surface area contributed by atoms with Crippen LogP contribution in [0.25, 0.3) is 0 Å². The maximum atomic E-state index is 12.5. The number of amides is 1. The van der Waals surface area contributed by atoms with Crippen LogP contribution in [-0.4, -0.2) is 25.2 Å². The van der Waals surface area contributed by atoms with Gasteiger partial charge in [0.1, 0.15) is 11.1 Å². The topological polar surface area (TPSA) is 92.5 Å². The lowest BCUT2D eigenvalue weighted by molar-refractivity contribution is -0.115. The molecule has 0 spiro atoms. The number of hydrogen-bond acceptors (Lipinski definition) is 6. The van der Waals surface area contributed by atoms with Gasteiger partial charge in [0.15, 0.2) is 5.82 Å². The van der Waals surface area contributed by atoms with Crippen molar-refractivity contribution in [1.82, 2.24) is 5.16 Å². The quantitative estimate of drug-likeness (QED) is 0.627. The van der Waals surface area contributed by atoms with E-state index in [9.17, 15) is 13.2 Å². The highest BCUT2D eigenvalue weighted by atomic mass is 35.5. The van der Waals surface area contributed by atoms with Crippen LogP contribution < -0.4 is 9.62 Å². The summed E-state index contributed by atoms with van der Waals surface area (Å²) in [6, 6.07) is 15.0. The second-order valence-corrected chi connectivity index (χ2v) is 9.59. The van der Waals surface area contributed by atoms with E-state index in [4.69, 9.17) is 16.1 Å². The smallest absolute Gasteiger partial charge is 0.263 e. The second-order valence-electron chi connectivity index (χ2n) is 6.40. The van der Waals surface area contributed by atoms with Crippen molar-refractivity contribution in [2.75, 3.05) is 15.4 Å². The zero-order chi connectivity index (χ0) is 20.6. The van der Waals surface area contributed by atoms with E-state index >= 15 is 0 Å². The summed E-state index contributed by atoms with van der Waals surface area (Å²) < 4.78 is 32.3. The highest BCUT2D eigenvalue weighted by Gasteiger charge is 2.34. The van der Waals surface area contributed by atoms with Gasteiger partial charge in [-0.2, -0.15) is 0 Å². The number of anilines is 2. The minimum absolute atomic E-state index is 0.0400. The standard InChI is InChI=1S/C19H16ClN3O4S2/c1-12-10-17(21-27-12)22-29(25,26)16-8-6-15(7-9-16)23-18(24)11-28-19(23)13-2-4-14(20)5-3-13/h2-10,19H,11H2,1H3,(H,21,22). The summed E-state index contributed by atoms with van der Waals surface area (Å²) in [5.74, 6) is 0.916. The number of nitrogens with zero attached hydrogens (tertiary/aromatic N) is 2. The van der Waals surface area contributed by atoms with Crippen LogP contribution in [0, 0.1) is 6.92 Å². The Morgan fingerprint density at radius 1 is 1.17 bits per heavy atom. The van der Waals surface area contributed by atoms with Crippen molar-refractivity contribution >= 4 is 50.8 Å². The lowest BCUT2D eigenvalue weighted by atomic mass is 10.2. The minimum Gasteiger partial charge on any atom is -0.360 e. The molecule has 1 atom stereocenters. The number of carbonyl (C=O) groups excluding carboxylic acids is 1. The Kier molecular flexibility index (Phi) is 5.28. The normalized spacial score (nSPS) is 17.0. The zero-order valence-electron chi connectivity index (χ0n) is 15.2. The molecular weight excluding hydrogens is 434 g/mol. The van der Waals surface area contributed by atoms with Gasteiger partial charge in [0.25, 0.3) is 10.0 Å². The summed E-state index contributed by atoms with van der Waals surface area (Å²) in [7, 11) is -3.82. The number of aromatic nitrogens is 1. The fraction of sp³-hybridized carbons (Fsp3) is 0.158. The van der Waals surface area contributed by atoms with Crippen LogP contribution in [0.5, 0.6) is 0 Å². The molecular formula is C19H16ClN3O4S2. The fourth-order valence-corrected chi connectivity index (χ4v) is 5.26. The van der Waals surface area contributed by atoms with E-state index in [1.54, 1.807) is 36.1 Å². The summed E-state index contributed by atoms with van der Waals surface area (Å²) in [5.41, 5.74) is 1.57. The van der Waals surface area contributed by atoms with Gasteiger partial charge in [0.05, 0.1) is 10.6 Å². The first-order chi connectivity index (χ1) is 13.8. The highest BCUT2D eigenvalue weighted by Crippen LogP contribution is 2.42. The Morgan fingerprint density at radius 3 is 2.48 bits per heavy atom. The molecule has 1 fully saturated rings. The first kappa shape index (κ1) is 19.8. The molecule has 1 unspecified atom stereocenters. The van der Waals surface area contributed by atoms with Crippen LogP contribution >= 0.6 is 23.4 Å². The van der Waals surface area contributed by atoms with Crippen molar-refractivity contribution in [1.29, 1.82) is 0 Å². The molecule has 7 nitrogen and oxygen atoms in total. The van der Waals surface area contributed by atoms with Gasteiger partial charge in [0, 0.05) is 16.8 Å². The molecule has 1 aliphatic heterocycles. The maximum absolute atomic E-state index is 12.5. The van der Waals surface area contributed by atoms with Crippen LogP contribution in [0.15, 0.2) is 64.0 Å². The average molecular weight is 450 g/mol. The van der Waals surface area contributed by atoms with Crippen molar-refractivity contribution in [3.05, 3.63) is 70.9 Å². The largest absolute Gasteiger partial charge is 0.360 e. The van der Waals surface area contributed by atoms with E-state index in [-0.39, 0.29) is 22.0 Å². The molecule has 0 radical (unpaired) electrons. The molecule has 29 heavy (non-hydrogen) atoms. The molecule has 0 bridgehead atoms. The molecule has 0 aliphatic carbocycles. The molecule has 10 heteroatoms. The number of benzene rings is 2. The molecule has 4 rings (SSSR count). The van der Waals surface area contributed by atoms with Gasteiger partial charge in [-0.15, -0.1) is 11.8 Å². The highest BCUT2D eigenvalue weighted by molar-refractivity contribution is 8.00. The van der Waals surface area contributed by atoms with Crippen molar-refractivity contribution in [2.24, 2.45) is 0 Å². The van der Waals surface area contributed by atoms with Crippen LogP contribution in [0.4, 0.5) is 11.5 Å². The van der Waals surface area contributed by atoms with E-state index in [1.807, 2.05) is 12.1 Å². The third-order valence-corrected chi connectivity index (χ3v) is 7.15. The number of carbonyl (C=O) groups is 1. The van der Waals surface area contributed by atoms with Crippen LogP contribution in [0.2, 0.25) is 5.02 Å². The third kappa shape index (κ3) is 4.12. The number of nitrogens with one attached hydrogen (secondary N) is 1. The van der Waals surface area contributed by atoms with E-state index in [2.05, 4.69) is 9.88 Å². The Morgan fingerprint density at radius 2 is 1.86 bits per heavy atom. The van der Waals surface area contributed by atoms with Crippen LogP contribution in [-0.2, 0) is 14.8 Å². The summed E-state index contributed by atoms with van der Waals surface area (Å²) >= 11 is 7.47. The molecule has 1 aromatic heterocycles. The predicted molar refractivity (Wildman–Crippen MR) is 113 cm³/mol. The Labute approximate surface area is 177 Å². The summed E-state index contributed by atoms with van der Waals surface area (Å²) in [5, 5.41) is 4.06. The van der Waals surface area contributed by atoms with Crippen LogP contribution in [0.3, 0.4) is 0 Å². The van der Waals surface area contributed by atoms with Crippen molar-refractivity contribution in [3.63, 3.8) is 0 Å². The van der Waals surface area contributed by atoms with Gasteiger partial charge in [0.2, 0.25) is 5.91 Å². The average Bonchev–Trinajstić information content (AvgIpc) is 3.27. The number of rotatable bonds is 5. The van der Waals surface area contributed by atoms with E-state index in [1.165, 1.54) is 30.0 Å². The summed E-state index contributed by atoms with van der Waals surface area (Å²) in [6.07, 6.45) is 0. The fourth-order valence-electron chi connectivity index (χ4n) is 2.97. The second kappa shape index (κ2) is 7.74. The summed E-state index contributed by atoms with van der Waals surface area (Å²) in [6.45, 7) is 1.67. The van der Waals surface area contributed by atoms with Crippen molar-refractivity contribution < 1.29 is 17.7 Å². The molecule has 1 saturated heterocycles. The first-order valence-electron chi connectivity index (χ1n) is 8.59. The molecule has 1 N–H and O–H groups in total. The molecule has 0 saturated carbocycles. The zero-order valence-corrected chi connectivity index (χ0v) is 17.6. The number of aryl methyl sites for hydroxylation is 1. The van der Waals surface area contributed by atoms with E-state index < -0.39 is 10.0 Å². The maximum Gasteiger partial charge on any atom is 0.263 e. The Balaban J connectivity index is 1.59. The number of hydrogen-bond donors (Lipinski definition) is 1. The summed E-state index contributed by atoms with van der Waals surface area (Å²) in [4.78, 5) is 14.2. The van der Waals surface area contributed by atoms with Crippen LogP contribution in [0.1, 0.15) is 16.7 Å². The molecule has 2 heterocycles. The monoisotopic (exact) mass is 449 g/mol. The number of halogens is 1. The van der Waals surface area contributed by atoms with Crippen molar-refractivity contribution in [3.8, 4) is 0 Å². The molecule has 150 valence electrons. The lowest BCUT2D eigenvalue weighted by Crippen LogP contribution is -2.27. The van der Waals surface area contributed by atoms with E-state index in [0.717, 1.165) is 5.56 Å². The first-order valence-corrected chi connectivity index (χ1v) is 11.5. The van der Waals surface area contributed by atoms with Gasteiger partial charge < -0.3 is 4.52 Å². The Bertz CT molecular complexity index is 1140. The van der Waals surface area contributed by atoms with Crippen molar-refractivity contribution in [2.45, 2.75) is 17.2 Å². The number of sulfonamides is 1. The van der Waals surface area contributed by atoms with Gasteiger partial charge in [-0.25, -0.2) is 8.42 Å². The minimum atomic E-state index is -3.82. The molecule has 3 aromatic rings. The predicted octanol–water partition coefficient (Wildman–Crippen LogP) is 4.22. The third-order valence-electron chi connectivity index (χ3n) is 4.32. The number of thioether (sulfide) groups is 1. The molecule has 2 aromatic carbocycles. The van der Waals surface area contributed by atoms with Gasteiger partial charge in [-0.05, 0) is 48.9 Å². The van der Waals surface area contributed by atoms with Gasteiger partial charge in [-0.1, -0.05) is 28.9 Å². The van der Waals surface area contributed by atoms with E-state index in [0.29, 0.717) is 22.2 Å². The molecule has 1 amide bonds. The van der Waals surface area contributed by atoms with Gasteiger partial charge >= 0.3 is 0 Å².